The molecular weight excluding hydrogens is 430 g/mol. The number of carbonyl (C=O) groups excluding carboxylic acids is 1. The second-order valence-corrected chi connectivity index (χ2v) is 8.08. The van der Waals surface area contributed by atoms with Gasteiger partial charge in [-0.1, -0.05) is 19.1 Å². The van der Waals surface area contributed by atoms with Crippen LogP contribution in [0.15, 0.2) is 61.1 Å². The van der Waals surface area contributed by atoms with E-state index in [9.17, 15) is 4.79 Å². The Balaban J connectivity index is 1.39. The molecule has 1 fully saturated rings. The maximum absolute atomic E-state index is 13.1. The number of pyridine rings is 1. The van der Waals surface area contributed by atoms with E-state index in [-0.39, 0.29) is 5.91 Å². The third-order valence-electron chi connectivity index (χ3n) is 5.71. The number of fused-ring (bicyclic) bond motifs is 1. The van der Waals surface area contributed by atoms with Crippen molar-refractivity contribution in [1.29, 1.82) is 0 Å². The van der Waals surface area contributed by atoms with E-state index in [4.69, 9.17) is 4.74 Å². The highest BCUT2D eigenvalue weighted by atomic mass is 16.5. The summed E-state index contributed by atoms with van der Waals surface area (Å²) in [5.74, 6) is 0.317. The standard InChI is InChI=1S/C25H27N7O2/c1-2-15-34-23-8-7-18(16-27-23)19-17-28-32-12-9-21(29-24(19)32)25(33)30-20-5-3-4-6-22(20)31-13-10-26-11-14-31/h3-9,12,16-17,26H,2,10-11,13-15H2,1H3,(H,30,33). The van der Waals surface area contributed by atoms with E-state index in [0.29, 0.717) is 23.8 Å². The van der Waals surface area contributed by atoms with Gasteiger partial charge in [-0.15, -0.1) is 0 Å². The fourth-order valence-electron chi connectivity index (χ4n) is 3.98. The van der Waals surface area contributed by atoms with Crippen LogP contribution in [0.25, 0.3) is 16.8 Å². The quantitative estimate of drug-likeness (QED) is 0.440. The molecule has 3 aromatic heterocycles. The number of hydrogen-bond donors (Lipinski definition) is 2. The number of piperazine rings is 1. The molecule has 1 aromatic carbocycles. The lowest BCUT2D eigenvalue weighted by atomic mass is 10.1. The third kappa shape index (κ3) is 4.55. The Bertz CT molecular complexity index is 1280. The summed E-state index contributed by atoms with van der Waals surface area (Å²) >= 11 is 0. The van der Waals surface area contributed by atoms with Crippen LogP contribution in [0.1, 0.15) is 23.8 Å². The SMILES string of the molecule is CCCOc1ccc(-c2cnn3ccc(C(=O)Nc4ccccc4N4CCNCC4)nc23)cn1. The summed E-state index contributed by atoms with van der Waals surface area (Å²) in [6.07, 6.45) is 6.13. The van der Waals surface area contributed by atoms with Crippen molar-refractivity contribution in [2.75, 3.05) is 43.0 Å². The maximum atomic E-state index is 13.1. The fourth-order valence-corrected chi connectivity index (χ4v) is 3.98. The average Bonchev–Trinajstić information content (AvgIpc) is 3.32. The van der Waals surface area contributed by atoms with E-state index < -0.39 is 0 Å². The van der Waals surface area contributed by atoms with Crippen LogP contribution in [0.5, 0.6) is 5.88 Å². The van der Waals surface area contributed by atoms with Crippen LogP contribution in [0.4, 0.5) is 11.4 Å². The molecule has 9 nitrogen and oxygen atoms in total. The molecule has 1 aliphatic heterocycles. The van der Waals surface area contributed by atoms with Crippen molar-refractivity contribution in [3.8, 4) is 17.0 Å². The van der Waals surface area contributed by atoms with Gasteiger partial charge in [0, 0.05) is 55.8 Å². The number of anilines is 2. The molecule has 0 aliphatic carbocycles. The van der Waals surface area contributed by atoms with Gasteiger partial charge in [-0.05, 0) is 30.7 Å². The Hall–Kier alpha value is -3.98. The lowest BCUT2D eigenvalue weighted by molar-refractivity contribution is 0.102. The first-order valence-electron chi connectivity index (χ1n) is 11.5. The monoisotopic (exact) mass is 457 g/mol. The zero-order valence-electron chi connectivity index (χ0n) is 19.1. The van der Waals surface area contributed by atoms with E-state index >= 15 is 0 Å². The minimum absolute atomic E-state index is 0.265. The summed E-state index contributed by atoms with van der Waals surface area (Å²) in [7, 11) is 0. The van der Waals surface area contributed by atoms with Gasteiger partial charge in [0.05, 0.1) is 24.2 Å². The van der Waals surface area contributed by atoms with Gasteiger partial charge in [0.2, 0.25) is 5.88 Å². The van der Waals surface area contributed by atoms with Crippen LogP contribution in [0.3, 0.4) is 0 Å². The molecule has 1 saturated heterocycles. The second kappa shape index (κ2) is 9.88. The molecular formula is C25H27N7O2. The number of rotatable bonds is 7. The van der Waals surface area contributed by atoms with Gasteiger partial charge >= 0.3 is 0 Å². The van der Waals surface area contributed by atoms with E-state index in [1.165, 1.54) is 0 Å². The van der Waals surface area contributed by atoms with Crippen LogP contribution in [-0.2, 0) is 0 Å². The zero-order chi connectivity index (χ0) is 23.3. The van der Waals surface area contributed by atoms with Gasteiger partial charge in [0.1, 0.15) is 5.69 Å². The van der Waals surface area contributed by atoms with Gasteiger partial charge in [-0.25, -0.2) is 14.5 Å². The van der Waals surface area contributed by atoms with E-state index in [0.717, 1.165) is 55.1 Å². The molecule has 34 heavy (non-hydrogen) atoms. The molecule has 9 heteroatoms. The smallest absolute Gasteiger partial charge is 0.274 e. The minimum atomic E-state index is -0.265. The number of nitrogens with zero attached hydrogens (tertiary/aromatic N) is 5. The topological polar surface area (TPSA) is 96.7 Å². The van der Waals surface area contributed by atoms with Gasteiger partial charge < -0.3 is 20.3 Å². The highest BCUT2D eigenvalue weighted by Gasteiger charge is 2.18. The summed E-state index contributed by atoms with van der Waals surface area (Å²) in [6, 6.07) is 13.3. The van der Waals surface area contributed by atoms with Crippen molar-refractivity contribution in [2.24, 2.45) is 0 Å². The molecule has 1 amide bonds. The molecule has 5 rings (SSSR count). The van der Waals surface area contributed by atoms with Crippen molar-refractivity contribution < 1.29 is 9.53 Å². The van der Waals surface area contributed by atoms with Gasteiger partial charge in [0.15, 0.2) is 5.65 Å². The summed E-state index contributed by atoms with van der Waals surface area (Å²) < 4.78 is 7.22. The van der Waals surface area contributed by atoms with Crippen molar-refractivity contribution in [1.82, 2.24) is 24.9 Å². The Morgan fingerprint density at radius 3 is 2.76 bits per heavy atom. The Morgan fingerprint density at radius 2 is 1.97 bits per heavy atom. The van der Waals surface area contributed by atoms with Crippen LogP contribution in [-0.4, -0.2) is 58.3 Å². The molecule has 4 aromatic rings. The van der Waals surface area contributed by atoms with Crippen molar-refractivity contribution >= 4 is 22.9 Å². The predicted octanol–water partition coefficient (Wildman–Crippen LogP) is 3.24. The molecule has 1 aliphatic rings. The predicted molar refractivity (Wildman–Crippen MR) is 131 cm³/mol. The van der Waals surface area contributed by atoms with Crippen molar-refractivity contribution in [3.63, 3.8) is 0 Å². The Kier molecular flexibility index (Phi) is 6.35. The van der Waals surface area contributed by atoms with Crippen molar-refractivity contribution in [2.45, 2.75) is 13.3 Å². The Labute approximate surface area is 197 Å². The van der Waals surface area contributed by atoms with Crippen LogP contribution >= 0.6 is 0 Å². The first-order valence-corrected chi connectivity index (χ1v) is 11.5. The number of hydrogen-bond acceptors (Lipinski definition) is 7. The maximum Gasteiger partial charge on any atom is 0.274 e. The van der Waals surface area contributed by atoms with Crippen LogP contribution in [0, 0.1) is 0 Å². The van der Waals surface area contributed by atoms with Gasteiger partial charge in [0.25, 0.3) is 5.91 Å². The summed E-state index contributed by atoms with van der Waals surface area (Å²) in [5.41, 5.74) is 4.35. The van der Waals surface area contributed by atoms with E-state index in [1.54, 1.807) is 29.2 Å². The van der Waals surface area contributed by atoms with E-state index in [2.05, 4.69) is 37.5 Å². The first kappa shape index (κ1) is 21.8. The highest BCUT2D eigenvalue weighted by molar-refractivity contribution is 6.05. The van der Waals surface area contributed by atoms with Gasteiger partial charge in [-0.2, -0.15) is 5.10 Å². The Morgan fingerprint density at radius 1 is 1.12 bits per heavy atom. The van der Waals surface area contributed by atoms with Crippen LogP contribution < -0.4 is 20.3 Å². The van der Waals surface area contributed by atoms with Crippen molar-refractivity contribution in [3.05, 3.63) is 66.7 Å². The lowest BCUT2D eigenvalue weighted by Crippen LogP contribution is -2.43. The first-order chi connectivity index (χ1) is 16.7. The lowest BCUT2D eigenvalue weighted by Gasteiger charge is -2.31. The number of amides is 1. The fraction of sp³-hybridized carbons (Fsp3) is 0.280. The summed E-state index contributed by atoms with van der Waals surface area (Å²) in [6.45, 7) is 6.31. The third-order valence-corrected chi connectivity index (χ3v) is 5.71. The second-order valence-electron chi connectivity index (χ2n) is 8.08. The minimum Gasteiger partial charge on any atom is -0.478 e. The molecule has 4 heterocycles. The number of ether oxygens (including phenoxy) is 1. The molecule has 0 atom stereocenters. The number of para-hydroxylation sites is 2. The van der Waals surface area contributed by atoms with Gasteiger partial charge in [-0.3, -0.25) is 4.79 Å². The largest absolute Gasteiger partial charge is 0.478 e. The molecule has 0 bridgehead atoms. The normalized spacial score (nSPS) is 13.7. The summed E-state index contributed by atoms with van der Waals surface area (Å²) in [4.78, 5) is 24.4. The summed E-state index contributed by atoms with van der Waals surface area (Å²) in [5, 5.41) is 10.8. The molecule has 2 N–H and O–H groups in total. The highest BCUT2D eigenvalue weighted by Crippen LogP contribution is 2.27. The molecule has 0 saturated carbocycles. The number of benzene rings is 1. The molecule has 174 valence electrons. The average molecular weight is 458 g/mol. The van der Waals surface area contributed by atoms with E-state index in [1.807, 2.05) is 36.4 Å². The number of nitrogens with one attached hydrogen (secondary N) is 2. The number of aromatic nitrogens is 4. The molecule has 0 radical (unpaired) electrons. The number of carbonyl (C=O) groups is 1. The molecule has 0 unspecified atom stereocenters. The zero-order valence-corrected chi connectivity index (χ0v) is 19.1. The molecule has 0 spiro atoms. The van der Waals surface area contributed by atoms with Crippen LogP contribution in [0.2, 0.25) is 0 Å².